The summed E-state index contributed by atoms with van der Waals surface area (Å²) in [6, 6.07) is 5.18. The molecule has 1 aromatic carbocycles. The summed E-state index contributed by atoms with van der Waals surface area (Å²) in [4.78, 5) is 23.0. The largest absolute Gasteiger partial charge is 0.497 e. The highest BCUT2D eigenvalue weighted by Gasteiger charge is 2.28. The molecule has 3 rings (SSSR count). The SMILES string of the molecule is COc1ccc(C(=O)N2CCC[C@H](Oc3cncc(OC)n3)C2)c(OC)c1. The molecule has 144 valence electrons. The summed E-state index contributed by atoms with van der Waals surface area (Å²) in [6.45, 7) is 1.13. The molecular weight excluding hydrogens is 350 g/mol. The van der Waals surface area contributed by atoms with Crippen LogP contribution in [0.2, 0.25) is 0 Å². The quantitative estimate of drug-likeness (QED) is 0.767. The second-order valence-electron chi connectivity index (χ2n) is 6.10. The molecule has 0 aliphatic carbocycles. The summed E-state index contributed by atoms with van der Waals surface area (Å²) < 4.78 is 21.5. The Morgan fingerprint density at radius 2 is 1.93 bits per heavy atom. The summed E-state index contributed by atoms with van der Waals surface area (Å²) in [5.74, 6) is 1.80. The molecule has 8 heteroatoms. The lowest BCUT2D eigenvalue weighted by molar-refractivity contribution is 0.0522. The first-order valence-electron chi connectivity index (χ1n) is 8.68. The molecule has 0 N–H and O–H groups in total. The molecule has 0 spiro atoms. The number of amides is 1. The van der Waals surface area contributed by atoms with Crippen LogP contribution < -0.4 is 18.9 Å². The first-order chi connectivity index (χ1) is 13.1. The van der Waals surface area contributed by atoms with Gasteiger partial charge in [0.05, 0.1) is 45.8 Å². The van der Waals surface area contributed by atoms with Crippen molar-refractivity contribution in [2.75, 3.05) is 34.4 Å². The molecule has 1 atom stereocenters. The summed E-state index contributed by atoms with van der Waals surface area (Å²) in [5, 5.41) is 0. The number of carbonyl (C=O) groups is 1. The van der Waals surface area contributed by atoms with Crippen LogP contribution >= 0.6 is 0 Å². The first-order valence-corrected chi connectivity index (χ1v) is 8.68. The van der Waals surface area contributed by atoms with Crippen LogP contribution in [0.25, 0.3) is 0 Å². The molecule has 1 saturated heterocycles. The highest BCUT2D eigenvalue weighted by Crippen LogP contribution is 2.27. The van der Waals surface area contributed by atoms with Crippen LogP contribution in [0.5, 0.6) is 23.3 Å². The van der Waals surface area contributed by atoms with Crippen molar-refractivity contribution in [3.63, 3.8) is 0 Å². The van der Waals surface area contributed by atoms with E-state index in [4.69, 9.17) is 18.9 Å². The number of methoxy groups -OCH3 is 3. The van der Waals surface area contributed by atoms with Gasteiger partial charge in [-0.1, -0.05) is 0 Å². The van der Waals surface area contributed by atoms with Crippen LogP contribution in [-0.4, -0.2) is 61.3 Å². The minimum Gasteiger partial charge on any atom is -0.497 e. The molecule has 1 amide bonds. The van der Waals surface area contributed by atoms with E-state index in [1.54, 1.807) is 30.2 Å². The van der Waals surface area contributed by atoms with Gasteiger partial charge in [-0.3, -0.25) is 9.78 Å². The Morgan fingerprint density at radius 1 is 1.11 bits per heavy atom. The number of nitrogens with zero attached hydrogens (tertiary/aromatic N) is 3. The fourth-order valence-electron chi connectivity index (χ4n) is 3.02. The normalized spacial score (nSPS) is 16.6. The highest BCUT2D eigenvalue weighted by atomic mass is 16.5. The third-order valence-electron chi connectivity index (χ3n) is 4.39. The molecule has 2 heterocycles. The number of aromatic nitrogens is 2. The van der Waals surface area contributed by atoms with Crippen molar-refractivity contribution in [1.29, 1.82) is 0 Å². The fraction of sp³-hybridized carbons (Fsp3) is 0.421. The second kappa shape index (κ2) is 8.57. The number of carbonyl (C=O) groups excluding carboxylic acids is 1. The van der Waals surface area contributed by atoms with Crippen molar-refractivity contribution in [2.24, 2.45) is 0 Å². The minimum absolute atomic E-state index is 0.0977. The minimum atomic E-state index is -0.159. The van der Waals surface area contributed by atoms with Gasteiger partial charge in [0.15, 0.2) is 0 Å². The van der Waals surface area contributed by atoms with Crippen LogP contribution in [0, 0.1) is 0 Å². The smallest absolute Gasteiger partial charge is 0.257 e. The second-order valence-corrected chi connectivity index (χ2v) is 6.10. The predicted molar refractivity (Wildman–Crippen MR) is 97.7 cm³/mol. The van der Waals surface area contributed by atoms with Gasteiger partial charge in [0.25, 0.3) is 5.91 Å². The van der Waals surface area contributed by atoms with Gasteiger partial charge in [-0.05, 0) is 25.0 Å². The van der Waals surface area contributed by atoms with Gasteiger partial charge in [-0.25, -0.2) is 0 Å². The average molecular weight is 373 g/mol. The van der Waals surface area contributed by atoms with E-state index in [1.165, 1.54) is 26.6 Å². The molecule has 1 fully saturated rings. The average Bonchev–Trinajstić information content (AvgIpc) is 2.73. The van der Waals surface area contributed by atoms with Crippen molar-refractivity contribution in [1.82, 2.24) is 14.9 Å². The number of piperidine rings is 1. The van der Waals surface area contributed by atoms with Gasteiger partial charge < -0.3 is 23.8 Å². The lowest BCUT2D eigenvalue weighted by Gasteiger charge is -2.33. The topological polar surface area (TPSA) is 83.0 Å². The molecule has 0 unspecified atom stereocenters. The van der Waals surface area contributed by atoms with Crippen LogP contribution in [0.1, 0.15) is 23.2 Å². The van der Waals surface area contributed by atoms with E-state index in [0.29, 0.717) is 41.9 Å². The maximum absolute atomic E-state index is 13.0. The molecule has 0 radical (unpaired) electrons. The van der Waals surface area contributed by atoms with Crippen LogP contribution in [0.3, 0.4) is 0 Å². The zero-order valence-corrected chi connectivity index (χ0v) is 15.7. The van der Waals surface area contributed by atoms with E-state index in [1.807, 2.05) is 0 Å². The van der Waals surface area contributed by atoms with Gasteiger partial charge in [0.2, 0.25) is 11.8 Å². The van der Waals surface area contributed by atoms with Gasteiger partial charge in [-0.15, -0.1) is 0 Å². The number of ether oxygens (including phenoxy) is 4. The molecule has 2 aromatic rings. The zero-order valence-electron chi connectivity index (χ0n) is 15.7. The number of likely N-dealkylation sites (tertiary alicyclic amines) is 1. The standard InChI is InChI=1S/C19H23N3O5/c1-24-13-6-7-15(16(9-13)25-2)19(23)22-8-4-5-14(12-22)27-18-11-20-10-17(21-18)26-3/h6-7,9-11,14H,4-5,8,12H2,1-3H3/t14-/m0/s1. The summed E-state index contributed by atoms with van der Waals surface area (Å²) in [5.41, 5.74) is 0.500. The van der Waals surface area contributed by atoms with E-state index in [-0.39, 0.29) is 12.0 Å². The molecular formula is C19H23N3O5. The molecule has 8 nitrogen and oxygen atoms in total. The molecule has 1 aromatic heterocycles. The van der Waals surface area contributed by atoms with E-state index in [0.717, 1.165) is 12.8 Å². The summed E-state index contributed by atoms with van der Waals surface area (Å²) in [6.07, 6.45) is 4.57. The molecule has 1 aliphatic heterocycles. The summed E-state index contributed by atoms with van der Waals surface area (Å²) >= 11 is 0. The number of hydrogen-bond donors (Lipinski definition) is 0. The maximum atomic E-state index is 13.0. The van der Waals surface area contributed by atoms with Crippen LogP contribution in [0.15, 0.2) is 30.6 Å². The molecule has 0 bridgehead atoms. The highest BCUT2D eigenvalue weighted by molar-refractivity contribution is 5.97. The third-order valence-corrected chi connectivity index (χ3v) is 4.39. The van der Waals surface area contributed by atoms with E-state index in [2.05, 4.69) is 9.97 Å². The molecule has 0 saturated carbocycles. The third kappa shape index (κ3) is 4.39. The lowest BCUT2D eigenvalue weighted by atomic mass is 10.1. The van der Waals surface area contributed by atoms with Crippen molar-refractivity contribution in [3.8, 4) is 23.3 Å². The summed E-state index contributed by atoms with van der Waals surface area (Å²) in [7, 11) is 4.64. The van der Waals surface area contributed by atoms with Crippen molar-refractivity contribution < 1.29 is 23.7 Å². The van der Waals surface area contributed by atoms with E-state index < -0.39 is 0 Å². The predicted octanol–water partition coefficient (Wildman–Crippen LogP) is 2.19. The van der Waals surface area contributed by atoms with Gasteiger partial charge in [-0.2, -0.15) is 4.98 Å². The molecule has 27 heavy (non-hydrogen) atoms. The Morgan fingerprint density at radius 3 is 2.67 bits per heavy atom. The number of rotatable bonds is 6. The van der Waals surface area contributed by atoms with Crippen LogP contribution in [0.4, 0.5) is 0 Å². The van der Waals surface area contributed by atoms with Crippen molar-refractivity contribution >= 4 is 5.91 Å². The van der Waals surface area contributed by atoms with Gasteiger partial charge in [0.1, 0.15) is 17.6 Å². The van der Waals surface area contributed by atoms with Gasteiger partial charge >= 0.3 is 0 Å². The lowest BCUT2D eigenvalue weighted by Crippen LogP contribution is -2.44. The van der Waals surface area contributed by atoms with Crippen LogP contribution in [-0.2, 0) is 0 Å². The Balaban J connectivity index is 1.71. The first kappa shape index (κ1) is 18.8. The Labute approximate surface area is 158 Å². The Bertz CT molecular complexity index is 799. The van der Waals surface area contributed by atoms with Crippen molar-refractivity contribution in [2.45, 2.75) is 18.9 Å². The fourth-order valence-corrected chi connectivity index (χ4v) is 3.02. The van der Waals surface area contributed by atoms with E-state index >= 15 is 0 Å². The van der Waals surface area contributed by atoms with E-state index in [9.17, 15) is 4.79 Å². The Kier molecular flexibility index (Phi) is 5.95. The molecule has 1 aliphatic rings. The number of hydrogen-bond acceptors (Lipinski definition) is 7. The number of benzene rings is 1. The maximum Gasteiger partial charge on any atom is 0.257 e. The Hall–Kier alpha value is -3.03. The van der Waals surface area contributed by atoms with Crippen molar-refractivity contribution in [3.05, 3.63) is 36.2 Å². The monoisotopic (exact) mass is 373 g/mol. The van der Waals surface area contributed by atoms with Gasteiger partial charge in [0, 0.05) is 12.6 Å². The zero-order chi connectivity index (χ0) is 19.2.